The average Bonchev–Trinajstić information content (AvgIpc) is 2.48. The number of fused-ring (bicyclic) bond motifs is 1. The molecular weight excluding hydrogens is 253 g/mol. The molecule has 0 aromatic heterocycles. The molecule has 0 spiro atoms. The Hall–Kier alpha value is -1.87. The van der Waals surface area contributed by atoms with Crippen molar-refractivity contribution in [2.45, 2.75) is 25.4 Å². The molecule has 20 heavy (non-hydrogen) atoms. The minimum atomic E-state index is -0.205. The number of ether oxygens (including phenoxy) is 1. The summed E-state index contributed by atoms with van der Waals surface area (Å²) in [6, 6.07) is 12.9. The van der Waals surface area contributed by atoms with E-state index in [1.54, 1.807) is 12.1 Å². The molecule has 0 radical (unpaired) electrons. The van der Waals surface area contributed by atoms with E-state index in [-0.39, 0.29) is 11.9 Å². The molecule has 1 heterocycles. The Balaban J connectivity index is 2.05. The van der Waals surface area contributed by atoms with E-state index in [1.807, 2.05) is 30.3 Å². The number of nitrogens with two attached hydrogens (primary N) is 1. The Labute approximate surface area is 118 Å². The molecule has 1 aliphatic rings. The Kier molecular flexibility index (Phi) is 3.70. The first-order chi connectivity index (χ1) is 9.78. The molecule has 0 amide bonds. The highest BCUT2D eigenvalue weighted by Gasteiger charge is 2.23. The Morgan fingerprint density at radius 2 is 2.00 bits per heavy atom. The van der Waals surface area contributed by atoms with Crippen molar-refractivity contribution < 1.29 is 9.13 Å². The highest BCUT2D eigenvalue weighted by atomic mass is 19.1. The molecule has 0 saturated heterocycles. The van der Waals surface area contributed by atoms with Gasteiger partial charge in [-0.05, 0) is 49.1 Å². The van der Waals surface area contributed by atoms with Gasteiger partial charge in [0, 0.05) is 5.56 Å². The van der Waals surface area contributed by atoms with Crippen LogP contribution in [0.5, 0.6) is 5.75 Å². The van der Waals surface area contributed by atoms with E-state index in [0.717, 1.165) is 41.7 Å². The largest absolute Gasteiger partial charge is 0.489 e. The van der Waals surface area contributed by atoms with Gasteiger partial charge >= 0.3 is 0 Å². The van der Waals surface area contributed by atoms with E-state index < -0.39 is 0 Å². The summed E-state index contributed by atoms with van der Waals surface area (Å²) in [6.45, 7) is 0.613. The summed E-state index contributed by atoms with van der Waals surface area (Å²) in [5, 5.41) is 0. The SMILES string of the molecule is NCC[C@H]1CCc2cc(F)cc(-c3ccccc3)c2O1. The molecular formula is C17H18FNO. The van der Waals surface area contributed by atoms with Crippen molar-refractivity contribution in [2.24, 2.45) is 5.73 Å². The fourth-order valence-corrected chi connectivity index (χ4v) is 2.74. The normalized spacial score (nSPS) is 17.4. The van der Waals surface area contributed by atoms with Crippen molar-refractivity contribution in [3.05, 3.63) is 53.8 Å². The van der Waals surface area contributed by atoms with Gasteiger partial charge < -0.3 is 10.5 Å². The third-order valence-corrected chi connectivity index (χ3v) is 3.72. The van der Waals surface area contributed by atoms with Crippen LogP contribution in [-0.2, 0) is 6.42 Å². The van der Waals surface area contributed by atoms with Crippen LogP contribution < -0.4 is 10.5 Å². The smallest absolute Gasteiger partial charge is 0.130 e. The molecule has 0 bridgehead atoms. The van der Waals surface area contributed by atoms with E-state index in [2.05, 4.69) is 0 Å². The van der Waals surface area contributed by atoms with Gasteiger partial charge in [-0.2, -0.15) is 0 Å². The highest BCUT2D eigenvalue weighted by Crippen LogP contribution is 2.38. The monoisotopic (exact) mass is 271 g/mol. The van der Waals surface area contributed by atoms with Crippen LogP contribution >= 0.6 is 0 Å². The Bertz CT molecular complexity index is 597. The fraction of sp³-hybridized carbons (Fsp3) is 0.294. The Morgan fingerprint density at radius 1 is 1.20 bits per heavy atom. The number of hydrogen-bond donors (Lipinski definition) is 1. The van der Waals surface area contributed by atoms with Crippen LogP contribution in [0.3, 0.4) is 0 Å². The van der Waals surface area contributed by atoms with Crippen molar-refractivity contribution in [2.75, 3.05) is 6.54 Å². The zero-order chi connectivity index (χ0) is 13.9. The third kappa shape index (κ3) is 2.54. The number of benzene rings is 2. The van der Waals surface area contributed by atoms with Crippen molar-refractivity contribution in [3.63, 3.8) is 0 Å². The van der Waals surface area contributed by atoms with E-state index in [4.69, 9.17) is 10.5 Å². The third-order valence-electron chi connectivity index (χ3n) is 3.72. The van der Waals surface area contributed by atoms with E-state index in [0.29, 0.717) is 6.54 Å². The Morgan fingerprint density at radius 3 is 2.75 bits per heavy atom. The summed E-state index contributed by atoms with van der Waals surface area (Å²) in [7, 11) is 0. The van der Waals surface area contributed by atoms with Gasteiger partial charge in [0.25, 0.3) is 0 Å². The van der Waals surface area contributed by atoms with Gasteiger partial charge in [-0.25, -0.2) is 4.39 Å². The van der Waals surface area contributed by atoms with Crippen molar-refractivity contribution in [1.82, 2.24) is 0 Å². The lowest BCUT2D eigenvalue weighted by Gasteiger charge is -2.28. The lowest BCUT2D eigenvalue weighted by atomic mass is 9.94. The van der Waals surface area contributed by atoms with Crippen LogP contribution in [0.2, 0.25) is 0 Å². The molecule has 104 valence electrons. The van der Waals surface area contributed by atoms with Gasteiger partial charge in [0.05, 0.1) is 0 Å². The second-order valence-corrected chi connectivity index (χ2v) is 5.16. The molecule has 0 aliphatic carbocycles. The van der Waals surface area contributed by atoms with Gasteiger partial charge in [0.2, 0.25) is 0 Å². The van der Waals surface area contributed by atoms with Crippen LogP contribution in [0.4, 0.5) is 4.39 Å². The van der Waals surface area contributed by atoms with Crippen LogP contribution in [0.15, 0.2) is 42.5 Å². The molecule has 0 saturated carbocycles. The summed E-state index contributed by atoms with van der Waals surface area (Å²) >= 11 is 0. The van der Waals surface area contributed by atoms with Gasteiger partial charge in [-0.3, -0.25) is 0 Å². The maximum Gasteiger partial charge on any atom is 0.130 e. The maximum atomic E-state index is 13.8. The van der Waals surface area contributed by atoms with Gasteiger partial charge in [-0.1, -0.05) is 30.3 Å². The molecule has 3 rings (SSSR count). The first-order valence-electron chi connectivity index (χ1n) is 7.02. The summed E-state index contributed by atoms with van der Waals surface area (Å²) in [5.41, 5.74) is 8.39. The quantitative estimate of drug-likeness (QED) is 0.926. The average molecular weight is 271 g/mol. The summed E-state index contributed by atoms with van der Waals surface area (Å²) in [6.07, 6.45) is 2.73. The van der Waals surface area contributed by atoms with Crippen LogP contribution in [0.1, 0.15) is 18.4 Å². The van der Waals surface area contributed by atoms with Crippen LogP contribution in [0.25, 0.3) is 11.1 Å². The molecule has 1 aliphatic heterocycles. The zero-order valence-electron chi connectivity index (χ0n) is 11.3. The topological polar surface area (TPSA) is 35.2 Å². The minimum absolute atomic E-state index is 0.139. The van der Waals surface area contributed by atoms with Gasteiger partial charge in [0.1, 0.15) is 17.7 Å². The molecule has 2 aromatic rings. The lowest BCUT2D eigenvalue weighted by molar-refractivity contribution is 0.167. The number of hydrogen-bond acceptors (Lipinski definition) is 2. The second kappa shape index (κ2) is 5.63. The predicted molar refractivity (Wildman–Crippen MR) is 78.2 cm³/mol. The fourth-order valence-electron chi connectivity index (χ4n) is 2.74. The molecule has 2 aromatic carbocycles. The number of aryl methyl sites for hydroxylation is 1. The number of rotatable bonds is 3. The zero-order valence-corrected chi connectivity index (χ0v) is 11.3. The molecule has 2 nitrogen and oxygen atoms in total. The molecule has 1 atom stereocenters. The number of halogens is 1. The molecule has 3 heteroatoms. The van der Waals surface area contributed by atoms with Crippen LogP contribution in [0, 0.1) is 5.82 Å². The molecule has 0 unspecified atom stereocenters. The minimum Gasteiger partial charge on any atom is -0.489 e. The lowest BCUT2D eigenvalue weighted by Crippen LogP contribution is -2.26. The summed E-state index contributed by atoms with van der Waals surface area (Å²) in [5.74, 6) is 0.616. The first kappa shape index (κ1) is 13.1. The predicted octanol–water partition coefficient (Wildman–Crippen LogP) is 3.54. The van der Waals surface area contributed by atoms with Gasteiger partial charge in [0.15, 0.2) is 0 Å². The van der Waals surface area contributed by atoms with Crippen molar-refractivity contribution in [3.8, 4) is 16.9 Å². The van der Waals surface area contributed by atoms with E-state index in [9.17, 15) is 4.39 Å². The highest BCUT2D eigenvalue weighted by molar-refractivity contribution is 5.72. The van der Waals surface area contributed by atoms with E-state index in [1.165, 1.54) is 0 Å². The maximum absolute atomic E-state index is 13.8. The molecule has 0 fully saturated rings. The van der Waals surface area contributed by atoms with E-state index >= 15 is 0 Å². The van der Waals surface area contributed by atoms with Crippen molar-refractivity contribution in [1.29, 1.82) is 0 Å². The summed E-state index contributed by atoms with van der Waals surface area (Å²) in [4.78, 5) is 0. The van der Waals surface area contributed by atoms with Gasteiger partial charge in [-0.15, -0.1) is 0 Å². The van der Waals surface area contributed by atoms with Crippen molar-refractivity contribution >= 4 is 0 Å². The summed E-state index contributed by atoms with van der Waals surface area (Å²) < 4.78 is 19.9. The van der Waals surface area contributed by atoms with Crippen LogP contribution in [-0.4, -0.2) is 12.6 Å². The first-order valence-corrected chi connectivity index (χ1v) is 7.02. The standard InChI is InChI=1S/C17H18FNO/c18-14-10-13-6-7-15(8-9-19)20-17(13)16(11-14)12-4-2-1-3-5-12/h1-5,10-11,15H,6-9,19H2/t15-/m1/s1. The second-order valence-electron chi connectivity index (χ2n) is 5.16. The molecule has 2 N–H and O–H groups in total.